The van der Waals surface area contributed by atoms with Crippen molar-refractivity contribution in [2.24, 2.45) is 0 Å². The maximum Gasteiger partial charge on any atom is 0.0520 e. The quantitative estimate of drug-likeness (QED) is 0.143. The Hall–Kier alpha value is -5.08. The second kappa shape index (κ2) is 13.9. The van der Waals surface area contributed by atoms with Gasteiger partial charge in [0, 0.05) is 28.2 Å². The summed E-state index contributed by atoms with van der Waals surface area (Å²) in [5.41, 5.74) is 20.7. The molecule has 51 heavy (non-hydrogen) atoms. The van der Waals surface area contributed by atoms with Gasteiger partial charge in [0.05, 0.1) is 11.4 Å². The predicted molar refractivity (Wildman–Crippen MR) is 220 cm³/mol. The Morgan fingerprint density at radius 1 is 0.412 bits per heavy atom. The zero-order chi connectivity index (χ0) is 35.9. The lowest BCUT2D eigenvalue weighted by Crippen LogP contribution is -2.26. The third-order valence-corrected chi connectivity index (χ3v) is 10.9. The minimum Gasteiger partial charge on any atom is -0.310 e. The van der Waals surface area contributed by atoms with Gasteiger partial charge >= 0.3 is 0 Å². The van der Waals surface area contributed by atoms with Gasteiger partial charge in [-0.2, -0.15) is 0 Å². The fourth-order valence-corrected chi connectivity index (χ4v) is 9.29. The molecule has 0 aromatic heterocycles. The van der Waals surface area contributed by atoms with Crippen molar-refractivity contribution < 1.29 is 0 Å². The molecule has 6 aromatic carbocycles. The molecule has 0 amide bonds. The van der Waals surface area contributed by atoms with Gasteiger partial charge in [-0.25, -0.2) is 0 Å². The molecule has 0 spiro atoms. The largest absolute Gasteiger partial charge is 0.310 e. The van der Waals surface area contributed by atoms with Crippen LogP contribution in [0.1, 0.15) is 84.0 Å². The highest BCUT2D eigenvalue weighted by atomic mass is 15.2. The molecular weight excluding hydrogens is 617 g/mol. The molecule has 0 saturated carbocycles. The van der Waals surface area contributed by atoms with Crippen LogP contribution in [-0.2, 0) is 5.41 Å². The van der Waals surface area contributed by atoms with E-state index in [0.717, 1.165) is 25.7 Å². The van der Waals surface area contributed by atoms with Gasteiger partial charge in [-0.3, -0.25) is 0 Å². The molecule has 0 radical (unpaired) electrons. The van der Waals surface area contributed by atoms with Crippen LogP contribution in [0.3, 0.4) is 0 Å². The number of para-hydroxylation sites is 2. The van der Waals surface area contributed by atoms with Crippen molar-refractivity contribution in [3.8, 4) is 11.1 Å². The average Bonchev–Trinajstić information content (AvgIpc) is 3.36. The van der Waals surface area contributed by atoms with Gasteiger partial charge in [0.2, 0.25) is 0 Å². The predicted octanol–water partition coefficient (Wildman–Crippen LogP) is 14.3. The van der Waals surface area contributed by atoms with Crippen molar-refractivity contribution >= 4 is 34.1 Å². The third-order valence-electron chi connectivity index (χ3n) is 10.9. The molecule has 0 atom stereocenters. The summed E-state index contributed by atoms with van der Waals surface area (Å²) in [6.45, 7) is 18.1. The molecule has 0 aliphatic heterocycles. The zero-order valence-electron chi connectivity index (χ0n) is 31.8. The summed E-state index contributed by atoms with van der Waals surface area (Å²) in [5, 5.41) is 0. The highest BCUT2D eigenvalue weighted by Gasteiger charge is 2.43. The zero-order valence-corrected chi connectivity index (χ0v) is 31.8. The van der Waals surface area contributed by atoms with E-state index in [1.54, 1.807) is 0 Å². The summed E-state index contributed by atoms with van der Waals surface area (Å²) in [7, 11) is 0. The van der Waals surface area contributed by atoms with Crippen molar-refractivity contribution in [1.82, 2.24) is 0 Å². The molecular formula is C49H52N2. The number of nitrogens with zero attached hydrogens (tertiary/aromatic N) is 2. The van der Waals surface area contributed by atoms with Gasteiger partial charge in [-0.15, -0.1) is 0 Å². The minimum absolute atomic E-state index is 0.0837. The second-order valence-electron chi connectivity index (χ2n) is 14.9. The van der Waals surface area contributed by atoms with Crippen molar-refractivity contribution in [2.45, 2.75) is 86.5 Å². The van der Waals surface area contributed by atoms with E-state index in [4.69, 9.17) is 0 Å². The van der Waals surface area contributed by atoms with Crippen molar-refractivity contribution in [2.75, 3.05) is 9.80 Å². The fraction of sp³-hybridized carbons (Fsp3) is 0.265. The molecule has 7 rings (SSSR count). The maximum atomic E-state index is 2.54. The first-order valence-corrected chi connectivity index (χ1v) is 18.8. The van der Waals surface area contributed by atoms with Gasteiger partial charge in [-0.1, -0.05) is 111 Å². The number of anilines is 6. The number of fused-ring (bicyclic) bond motifs is 3. The van der Waals surface area contributed by atoms with Gasteiger partial charge in [0.1, 0.15) is 0 Å². The first kappa shape index (κ1) is 34.4. The van der Waals surface area contributed by atoms with Crippen LogP contribution in [0.5, 0.6) is 0 Å². The number of rotatable bonds is 10. The Morgan fingerprint density at radius 3 is 1.10 bits per heavy atom. The topological polar surface area (TPSA) is 6.48 Å². The number of hydrogen-bond donors (Lipinski definition) is 0. The first-order chi connectivity index (χ1) is 24.7. The van der Waals surface area contributed by atoms with E-state index < -0.39 is 0 Å². The molecule has 1 aliphatic carbocycles. The number of benzene rings is 6. The molecule has 0 bridgehead atoms. The third kappa shape index (κ3) is 6.05. The van der Waals surface area contributed by atoms with Crippen LogP contribution >= 0.6 is 0 Å². The van der Waals surface area contributed by atoms with Crippen LogP contribution in [0.4, 0.5) is 34.1 Å². The van der Waals surface area contributed by atoms with Crippen molar-refractivity contribution in [3.63, 3.8) is 0 Å². The smallest absolute Gasteiger partial charge is 0.0520 e. The Kier molecular flexibility index (Phi) is 9.38. The van der Waals surface area contributed by atoms with Crippen molar-refractivity contribution in [1.29, 1.82) is 0 Å². The highest BCUT2D eigenvalue weighted by molar-refractivity contribution is 5.90. The molecule has 1 aliphatic rings. The summed E-state index contributed by atoms with van der Waals surface area (Å²) in [6, 6.07) is 45.7. The molecule has 0 heterocycles. The molecule has 2 nitrogen and oxygen atoms in total. The average molecular weight is 669 g/mol. The number of aryl methyl sites for hydroxylation is 6. The Morgan fingerprint density at radius 2 is 0.765 bits per heavy atom. The van der Waals surface area contributed by atoms with Crippen LogP contribution in [0, 0.1) is 41.5 Å². The normalized spacial score (nSPS) is 12.8. The van der Waals surface area contributed by atoms with E-state index in [2.05, 4.69) is 187 Å². The Bertz CT molecular complexity index is 1990. The monoisotopic (exact) mass is 668 g/mol. The van der Waals surface area contributed by atoms with Gasteiger partial charge in [0.15, 0.2) is 0 Å². The lowest BCUT2D eigenvalue weighted by Gasteiger charge is -2.35. The summed E-state index contributed by atoms with van der Waals surface area (Å²) < 4.78 is 0. The molecule has 258 valence electrons. The van der Waals surface area contributed by atoms with E-state index in [0.29, 0.717) is 0 Å². The summed E-state index contributed by atoms with van der Waals surface area (Å²) >= 11 is 0. The molecule has 2 heteroatoms. The Balaban J connectivity index is 1.45. The van der Waals surface area contributed by atoms with E-state index in [1.165, 1.54) is 89.8 Å². The standard InChI is InChI=1S/C49H52N2/c1-9-25-49(26-10-2)45-31-41(50(39-17-13-11-14-18-39)47-35(5)27-33(3)28-36(47)6)21-23-43(45)44-24-22-42(32-46(44)49)51(40-19-15-12-16-20-40)48-37(7)29-34(4)30-38(48)8/h11-24,27-32H,9-10,25-26H2,1-8H3. The lowest BCUT2D eigenvalue weighted by molar-refractivity contribution is 0.436. The van der Waals surface area contributed by atoms with E-state index in [1.807, 2.05) is 0 Å². The van der Waals surface area contributed by atoms with Crippen LogP contribution in [0.25, 0.3) is 11.1 Å². The van der Waals surface area contributed by atoms with Crippen LogP contribution < -0.4 is 9.80 Å². The molecule has 0 fully saturated rings. The van der Waals surface area contributed by atoms with Gasteiger partial charge < -0.3 is 9.80 Å². The Labute approximate surface area is 306 Å². The summed E-state index contributed by atoms with van der Waals surface area (Å²) in [5.74, 6) is 0. The first-order valence-electron chi connectivity index (χ1n) is 18.8. The summed E-state index contributed by atoms with van der Waals surface area (Å²) in [4.78, 5) is 4.98. The van der Waals surface area contributed by atoms with E-state index >= 15 is 0 Å². The van der Waals surface area contributed by atoms with Gasteiger partial charge in [-0.05, 0) is 147 Å². The lowest BCUT2D eigenvalue weighted by atomic mass is 9.71. The minimum atomic E-state index is -0.0837. The van der Waals surface area contributed by atoms with E-state index in [9.17, 15) is 0 Å². The van der Waals surface area contributed by atoms with Gasteiger partial charge in [0.25, 0.3) is 0 Å². The SMILES string of the molecule is CCCC1(CCC)c2cc(N(c3ccccc3)c3c(C)cc(C)cc3C)ccc2-c2ccc(N(c3ccccc3)c3c(C)cc(C)cc3C)cc21. The molecule has 0 N–H and O–H groups in total. The molecule has 6 aromatic rings. The van der Waals surface area contributed by atoms with Crippen molar-refractivity contribution in [3.05, 3.63) is 166 Å². The highest BCUT2D eigenvalue weighted by Crippen LogP contribution is 2.57. The molecule has 0 unspecified atom stereocenters. The van der Waals surface area contributed by atoms with E-state index in [-0.39, 0.29) is 5.41 Å². The fourth-order valence-electron chi connectivity index (χ4n) is 9.29. The summed E-state index contributed by atoms with van der Waals surface area (Å²) in [6.07, 6.45) is 4.44. The van der Waals surface area contributed by atoms with Crippen LogP contribution in [0.2, 0.25) is 0 Å². The van der Waals surface area contributed by atoms with Crippen LogP contribution in [-0.4, -0.2) is 0 Å². The number of hydrogen-bond acceptors (Lipinski definition) is 2. The molecule has 0 saturated heterocycles. The maximum absolute atomic E-state index is 2.54. The second-order valence-corrected chi connectivity index (χ2v) is 14.9. The van der Waals surface area contributed by atoms with Crippen LogP contribution in [0.15, 0.2) is 121 Å².